The third-order valence-corrected chi connectivity index (χ3v) is 4.37. The highest BCUT2D eigenvalue weighted by atomic mass is 32.2. The number of carbonyl (C=O) groups excluding carboxylic acids is 1. The summed E-state index contributed by atoms with van der Waals surface area (Å²) in [5, 5.41) is 0. The van der Waals surface area contributed by atoms with Gasteiger partial charge in [-0.05, 0) is 11.6 Å². The summed E-state index contributed by atoms with van der Waals surface area (Å²) in [7, 11) is -1.85. The summed E-state index contributed by atoms with van der Waals surface area (Å²) in [6.45, 7) is 1.77. The molecule has 1 aliphatic rings. The lowest BCUT2D eigenvalue weighted by Gasteiger charge is -2.17. The Bertz CT molecular complexity index is 626. The van der Waals surface area contributed by atoms with Gasteiger partial charge in [-0.15, -0.1) is 0 Å². The van der Waals surface area contributed by atoms with Crippen LogP contribution in [0, 0.1) is 0 Å². The van der Waals surface area contributed by atoms with Crippen molar-refractivity contribution in [2.24, 2.45) is 0 Å². The van der Waals surface area contributed by atoms with Crippen LogP contribution in [0.5, 0.6) is 5.75 Å². The number of hydrogen-bond acceptors (Lipinski definition) is 5. The zero-order valence-corrected chi connectivity index (χ0v) is 12.4. The molecular formula is C13H17NO5S. The van der Waals surface area contributed by atoms with Crippen molar-refractivity contribution in [3.05, 3.63) is 23.8 Å². The van der Waals surface area contributed by atoms with E-state index >= 15 is 0 Å². The summed E-state index contributed by atoms with van der Waals surface area (Å²) in [4.78, 5) is 10.9. The predicted octanol–water partition coefficient (Wildman–Crippen LogP) is 1.12. The lowest BCUT2D eigenvalue weighted by atomic mass is 10.0. The van der Waals surface area contributed by atoms with Gasteiger partial charge < -0.3 is 9.47 Å². The van der Waals surface area contributed by atoms with Crippen molar-refractivity contribution in [2.45, 2.75) is 12.8 Å². The van der Waals surface area contributed by atoms with Gasteiger partial charge >= 0.3 is 5.97 Å². The van der Waals surface area contributed by atoms with Crippen LogP contribution in [-0.4, -0.2) is 40.9 Å². The molecule has 0 fully saturated rings. The van der Waals surface area contributed by atoms with Crippen LogP contribution in [0.3, 0.4) is 0 Å². The number of nitrogens with zero attached hydrogens (tertiary/aromatic N) is 1. The third-order valence-electron chi connectivity index (χ3n) is 3.22. The van der Waals surface area contributed by atoms with Gasteiger partial charge in [-0.2, -0.15) is 0 Å². The van der Waals surface area contributed by atoms with Gasteiger partial charge in [0.15, 0.2) is 0 Å². The number of rotatable bonds is 4. The van der Waals surface area contributed by atoms with E-state index < -0.39 is 10.0 Å². The molecule has 1 aromatic carbocycles. The minimum Gasteiger partial charge on any atom is -0.497 e. The second kappa shape index (κ2) is 5.32. The van der Waals surface area contributed by atoms with E-state index in [1.165, 1.54) is 18.3 Å². The van der Waals surface area contributed by atoms with E-state index in [0.29, 0.717) is 11.4 Å². The van der Waals surface area contributed by atoms with E-state index in [9.17, 15) is 13.2 Å². The van der Waals surface area contributed by atoms with Crippen LogP contribution in [-0.2, 0) is 19.6 Å². The van der Waals surface area contributed by atoms with Gasteiger partial charge in [-0.25, -0.2) is 8.42 Å². The maximum absolute atomic E-state index is 11.9. The van der Waals surface area contributed by atoms with Crippen LogP contribution in [0.4, 0.5) is 5.69 Å². The van der Waals surface area contributed by atoms with Crippen LogP contribution in [0.15, 0.2) is 18.2 Å². The number of anilines is 1. The lowest BCUT2D eigenvalue weighted by molar-refractivity contribution is -0.141. The fourth-order valence-corrected chi connectivity index (χ4v) is 3.25. The number of carbonyl (C=O) groups is 1. The van der Waals surface area contributed by atoms with Crippen molar-refractivity contribution in [1.82, 2.24) is 0 Å². The van der Waals surface area contributed by atoms with Gasteiger partial charge in [0.2, 0.25) is 10.0 Å². The SMILES string of the molecule is COc1ccc2c(c1)N(S(C)(=O)=O)CC2COC(C)=O. The molecule has 1 unspecified atom stereocenters. The molecule has 0 spiro atoms. The predicted molar refractivity (Wildman–Crippen MR) is 74.6 cm³/mol. The number of esters is 1. The smallest absolute Gasteiger partial charge is 0.302 e. The van der Waals surface area contributed by atoms with E-state index in [1.54, 1.807) is 12.1 Å². The first kappa shape index (κ1) is 14.6. The van der Waals surface area contributed by atoms with Crippen LogP contribution in [0.2, 0.25) is 0 Å². The van der Waals surface area contributed by atoms with Crippen LogP contribution in [0.1, 0.15) is 18.4 Å². The van der Waals surface area contributed by atoms with Gasteiger partial charge in [0.25, 0.3) is 0 Å². The molecule has 1 atom stereocenters. The van der Waals surface area contributed by atoms with Crippen molar-refractivity contribution < 1.29 is 22.7 Å². The Kier molecular flexibility index (Phi) is 3.89. The van der Waals surface area contributed by atoms with Gasteiger partial charge in [-0.1, -0.05) is 6.07 Å². The number of ether oxygens (including phenoxy) is 2. The molecule has 0 bridgehead atoms. The molecule has 0 N–H and O–H groups in total. The number of benzene rings is 1. The van der Waals surface area contributed by atoms with Crippen molar-refractivity contribution >= 4 is 21.7 Å². The topological polar surface area (TPSA) is 72.9 Å². The zero-order valence-electron chi connectivity index (χ0n) is 11.6. The highest BCUT2D eigenvalue weighted by molar-refractivity contribution is 7.92. The van der Waals surface area contributed by atoms with Crippen LogP contribution >= 0.6 is 0 Å². The molecule has 20 heavy (non-hydrogen) atoms. The molecule has 0 radical (unpaired) electrons. The second-order valence-corrected chi connectivity index (χ2v) is 6.63. The highest BCUT2D eigenvalue weighted by Gasteiger charge is 2.34. The summed E-state index contributed by atoms with van der Waals surface area (Å²) in [6.07, 6.45) is 1.16. The molecule has 0 saturated heterocycles. The fraction of sp³-hybridized carbons (Fsp3) is 0.462. The molecule has 1 aromatic rings. The van der Waals surface area contributed by atoms with Gasteiger partial charge in [0, 0.05) is 25.5 Å². The number of hydrogen-bond donors (Lipinski definition) is 0. The van der Waals surface area contributed by atoms with Gasteiger partial charge in [0.05, 0.1) is 25.7 Å². The molecular weight excluding hydrogens is 282 g/mol. The lowest BCUT2D eigenvalue weighted by Crippen LogP contribution is -2.29. The van der Waals surface area contributed by atoms with Crippen molar-refractivity contribution in [3.8, 4) is 5.75 Å². The summed E-state index contributed by atoms with van der Waals surface area (Å²) in [6, 6.07) is 5.27. The molecule has 7 heteroatoms. The van der Waals surface area contributed by atoms with E-state index in [4.69, 9.17) is 9.47 Å². The normalized spacial score (nSPS) is 17.8. The Labute approximate surface area is 118 Å². The Morgan fingerprint density at radius 2 is 2.15 bits per heavy atom. The highest BCUT2D eigenvalue weighted by Crippen LogP contribution is 2.40. The number of sulfonamides is 1. The minimum atomic E-state index is -3.38. The Hall–Kier alpha value is -1.76. The molecule has 2 rings (SSSR count). The summed E-state index contributed by atoms with van der Waals surface area (Å²) >= 11 is 0. The van der Waals surface area contributed by atoms with E-state index in [2.05, 4.69) is 0 Å². The summed E-state index contributed by atoms with van der Waals surface area (Å²) in [5.41, 5.74) is 1.43. The van der Waals surface area contributed by atoms with E-state index in [0.717, 1.165) is 11.8 Å². The first-order chi connectivity index (χ1) is 9.32. The van der Waals surface area contributed by atoms with E-state index in [-0.39, 0.29) is 25.0 Å². The standard InChI is InChI=1S/C13H17NO5S/c1-9(15)19-8-10-7-14(20(3,16)17)13-6-11(18-2)4-5-12(10)13/h4-6,10H,7-8H2,1-3H3. The number of fused-ring (bicyclic) bond motifs is 1. The average Bonchev–Trinajstić information content (AvgIpc) is 2.74. The molecule has 6 nitrogen and oxygen atoms in total. The van der Waals surface area contributed by atoms with Crippen LogP contribution in [0.25, 0.3) is 0 Å². The zero-order chi connectivity index (χ0) is 14.9. The fourth-order valence-electron chi connectivity index (χ4n) is 2.28. The molecule has 0 saturated carbocycles. The maximum Gasteiger partial charge on any atom is 0.302 e. The van der Waals surface area contributed by atoms with Gasteiger partial charge in [0.1, 0.15) is 5.75 Å². The number of methoxy groups -OCH3 is 1. The summed E-state index contributed by atoms with van der Waals surface area (Å²) < 4.78 is 35.2. The Balaban J connectivity index is 2.38. The van der Waals surface area contributed by atoms with E-state index in [1.807, 2.05) is 6.07 Å². The molecule has 110 valence electrons. The van der Waals surface area contributed by atoms with Gasteiger partial charge in [-0.3, -0.25) is 9.10 Å². The monoisotopic (exact) mass is 299 g/mol. The molecule has 0 aliphatic carbocycles. The molecule has 1 heterocycles. The van der Waals surface area contributed by atoms with Crippen molar-refractivity contribution in [2.75, 3.05) is 30.8 Å². The Morgan fingerprint density at radius 3 is 2.70 bits per heavy atom. The molecule has 0 amide bonds. The van der Waals surface area contributed by atoms with Crippen molar-refractivity contribution in [1.29, 1.82) is 0 Å². The quantitative estimate of drug-likeness (QED) is 0.779. The summed E-state index contributed by atoms with van der Waals surface area (Å²) in [5.74, 6) is 0.0536. The van der Waals surface area contributed by atoms with Crippen LogP contribution < -0.4 is 9.04 Å². The van der Waals surface area contributed by atoms with Crippen molar-refractivity contribution in [3.63, 3.8) is 0 Å². The average molecular weight is 299 g/mol. The third kappa shape index (κ3) is 2.87. The largest absolute Gasteiger partial charge is 0.497 e. The molecule has 0 aromatic heterocycles. The Morgan fingerprint density at radius 1 is 1.45 bits per heavy atom. The minimum absolute atomic E-state index is 0.158. The first-order valence-electron chi connectivity index (χ1n) is 6.12. The maximum atomic E-state index is 11.9. The second-order valence-electron chi connectivity index (χ2n) is 4.72. The molecule has 1 aliphatic heterocycles. The first-order valence-corrected chi connectivity index (χ1v) is 7.96.